The first-order valence-corrected chi connectivity index (χ1v) is 6.29. The highest BCUT2D eigenvalue weighted by Crippen LogP contribution is 2.51. The molecule has 1 nitrogen and oxygen atoms in total. The highest BCUT2D eigenvalue weighted by Gasteiger charge is 2.52. The van der Waals surface area contributed by atoms with Crippen LogP contribution in [0.1, 0.15) is 66.2 Å². The van der Waals surface area contributed by atoms with Crippen molar-refractivity contribution in [1.29, 1.82) is 0 Å². The first-order chi connectivity index (χ1) is 6.49. The van der Waals surface area contributed by atoms with Crippen molar-refractivity contribution in [3.63, 3.8) is 0 Å². The summed E-state index contributed by atoms with van der Waals surface area (Å²) in [5.74, 6) is 0. The second kappa shape index (κ2) is 3.23. The molecule has 1 atom stereocenters. The molecule has 1 aliphatic carbocycles. The van der Waals surface area contributed by atoms with Crippen molar-refractivity contribution in [3.8, 4) is 0 Å². The molecule has 1 heteroatoms. The van der Waals surface area contributed by atoms with Crippen LogP contribution < -0.4 is 0 Å². The van der Waals surface area contributed by atoms with Crippen LogP contribution in [0.5, 0.6) is 0 Å². The molecule has 0 radical (unpaired) electrons. The highest BCUT2D eigenvalue weighted by molar-refractivity contribution is 5.08. The van der Waals surface area contributed by atoms with E-state index in [1.165, 1.54) is 38.5 Å². The molecule has 0 N–H and O–H groups in total. The Kier molecular flexibility index (Phi) is 2.42. The average Bonchev–Trinajstić information content (AvgIpc) is 2.40. The number of likely N-dealkylation sites (tertiary alicyclic amines) is 1. The summed E-state index contributed by atoms with van der Waals surface area (Å²) in [6.07, 6.45) is 8.61. The molecule has 1 spiro atoms. The second-order valence-corrected chi connectivity index (χ2v) is 6.22. The summed E-state index contributed by atoms with van der Waals surface area (Å²) in [6, 6.07) is 0.857. The molecule has 2 rings (SSSR count). The van der Waals surface area contributed by atoms with Gasteiger partial charge in [0.05, 0.1) is 0 Å². The van der Waals surface area contributed by atoms with Crippen molar-refractivity contribution in [1.82, 2.24) is 4.90 Å². The van der Waals surface area contributed by atoms with E-state index < -0.39 is 0 Å². The van der Waals surface area contributed by atoms with Gasteiger partial charge in [-0.15, -0.1) is 0 Å². The van der Waals surface area contributed by atoms with Crippen LogP contribution >= 0.6 is 0 Å². The zero-order valence-electron chi connectivity index (χ0n) is 10.3. The summed E-state index contributed by atoms with van der Waals surface area (Å²) in [4.78, 5) is 2.85. The first-order valence-electron chi connectivity index (χ1n) is 6.29. The molecule has 1 unspecified atom stereocenters. The summed E-state index contributed by atoms with van der Waals surface area (Å²) in [7, 11) is 0. The molecule has 0 aromatic heterocycles. The van der Waals surface area contributed by atoms with Crippen LogP contribution in [0.15, 0.2) is 0 Å². The molecular formula is C13H25N. The Morgan fingerprint density at radius 2 is 1.86 bits per heavy atom. The predicted octanol–water partition coefficient (Wildman–Crippen LogP) is 3.58. The van der Waals surface area contributed by atoms with E-state index in [1.54, 1.807) is 0 Å². The molecule has 2 aliphatic rings. The summed E-state index contributed by atoms with van der Waals surface area (Å²) in [5.41, 5.74) is 0.997. The molecule has 0 amide bonds. The molecule has 1 saturated carbocycles. The monoisotopic (exact) mass is 195 g/mol. The number of hydrogen-bond acceptors (Lipinski definition) is 1. The lowest BCUT2D eigenvalue weighted by Gasteiger charge is -2.54. The van der Waals surface area contributed by atoms with Crippen LogP contribution in [-0.2, 0) is 0 Å². The molecule has 0 aromatic rings. The fourth-order valence-electron chi connectivity index (χ4n) is 3.79. The molecular weight excluding hydrogens is 170 g/mol. The Hall–Kier alpha value is -0.0400. The molecule has 14 heavy (non-hydrogen) atoms. The summed E-state index contributed by atoms with van der Waals surface area (Å²) < 4.78 is 0. The summed E-state index contributed by atoms with van der Waals surface area (Å²) in [5, 5.41) is 0. The SMILES string of the molecule is CCC1CCC2(CCC2)N1C(C)(C)C. The van der Waals surface area contributed by atoms with Gasteiger partial charge < -0.3 is 0 Å². The van der Waals surface area contributed by atoms with E-state index >= 15 is 0 Å². The van der Waals surface area contributed by atoms with Crippen molar-refractivity contribution >= 4 is 0 Å². The summed E-state index contributed by atoms with van der Waals surface area (Å²) in [6.45, 7) is 9.52. The van der Waals surface area contributed by atoms with Crippen LogP contribution in [0.3, 0.4) is 0 Å². The van der Waals surface area contributed by atoms with Crippen LogP contribution in [0, 0.1) is 0 Å². The zero-order chi connectivity index (χ0) is 10.4. The number of rotatable bonds is 1. The predicted molar refractivity (Wildman–Crippen MR) is 61.5 cm³/mol. The number of nitrogens with zero attached hydrogens (tertiary/aromatic N) is 1. The van der Waals surface area contributed by atoms with Gasteiger partial charge in [-0.1, -0.05) is 6.92 Å². The van der Waals surface area contributed by atoms with Gasteiger partial charge in [0.1, 0.15) is 0 Å². The minimum absolute atomic E-state index is 0.373. The molecule has 2 fully saturated rings. The number of hydrogen-bond donors (Lipinski definition) is 0. The standard InChI is InChI=1S/C13H25N/c1-5-11-7-10-13(8-6-9-13)14(11)12(2,3)4/h11H,5-10H2,1-4H3. The third kappa shape index (κ3) is 1.41. The Morgan fingerprint density at radius 1 is 1.21 bits per heavy atom. The van der Waals surface area contributed by atoms with Gasteiger partial charge in [0.2, 0.25) is 0 Å². The smallest absolute Gasteiger partial charge is 0.0218 e. The van der Waals surface area contributed by atoms with Gasteiger partial charge in [-0.3, -0.25) is 4.90 Å². The van der Waals surface area contributed by atoms with E-state index in [-0.39, 0.29) is 0 Å². The maximum absolute atomic E-state index is 2.85. The maximum Gasteiger partial charge on any atom is 0.0218 e. The highest BCUT2D eigenvalue weighted by atomic mass is 15.3. The largest absolute Gasteiger partial charge is 0.290 e. The Balaban J connectivity index is 2.21. The fraction of sp³-hybridized carbons (Fsp3) is 1.00. The van der Waals surface area contributed by atoms with Gasteiger partial charge in [0.25, 0.3) is 0 Å². The van der Waals surface area contributed by atoms with E-state index in [2.05, 4.69) is 32.6 Å². The van der Waals surface area contributed by atoms with Crippen molar-refractivity contribution < 1.29 is 0 Å². The van der Waals surface area contributed by atoms with Gasteiger partial charge in [-0.05, 0) is 59.3 Å². The van der Waals surface area contributed by atoms with Crippen LogP contribution in [0.25, 0.3) is 0 Å². The van der Waals surface area contributed by atoms with E-state index in [9.17, 15) is 0 Å². The van der Waals surface area contributed by atoms with Crippen LogP contribution in [0.4, 0.5) is 0 Å². The molecule has 0 bridgehead atoms. The van der Waals surface area contributed by atoms with Crippen molar-refractivity contribution in [2.45, 2.75) is 83.3 Å². The van der Waals surface area contributed by atoms with E-state index in [0.29, 0.717) is 11.1 Å². The molecule has 1 heterocycles. The fourth-order valence-corrected chi connectivity index (χ4v) is 3.79. The average molecular weight is 195 g/mol. The minimum atomic E-state index is 0.373. The van der Waals surface area contributed by atoms with Gasteiger partial charge in [-0.25, -0.2) is 0 Å². The Morgan fingerprint density at radius 3 is 2.21 bits per heavy atom. The Labute approximate surface area is 88.9 Å². The van der Waals surface area contributed by atoms with Crippen molar-refractivity contribution in [3.05, 3.63) is 0 Å². The maximum atomic E-state index is 2.85. The summed E-state index contributed by atoms with van der Waals surface area (Å²) >= 11 is 0. The topological polar surface area (TPSA) is 3.24 Å². The lowest BCUT2D eigenvalue weighted by Crippen LogP contribution is -2.59. The van der Waals surface area contributed by atoms with E-state index in [1.807, 2.05) is 0 Å². The molecule has 0 aromatic carbocycles. The normalized spacial score (nSPS) is 32.1. The van der Waals surface area contributed by atoms with Crippen LogP contribution in [-0.4, -0.2) is 22.0 Å². The van der Waals surface area contributed by atoms with Gasteiger partial charge in [0, 0.05) is 17.1 Å². The van der Waals surface area contributed by atoms with E-state index in [0.717, 1.165) is 6.04 Å². The van der Waals surface area contributed by atoms with Gasteiger partial charge in [0.15, 0.2) is 0 Å². The van der Waals surface area contributed by atoms with E-state index in [4.69, 9.17) is 0 Å². The van der Waals surface area contributed by atoms with Crippen molar-refractivity contribution in [2.24, 2.45) is 0 Å². The van der Waals surface area contributed by atoms with Gasteiger partial charge >= 0.3 is 0 Å². The van der Waals surface area contributed by atoms with Crippen molar-refractivity contribution in [2.75, 3.05) is 0 Å². The minimum Gasteiger partial charge on any atom is -0.290 e. The van der Waals surface area contributed by atoms with Gasteiger partial charge in [-0.2, -0.15) is 0 Å². The lowest BCUT2D eigenvalue weighted by atomic mass is 9.73. The third-order valence-corrected chi connectivity index (χ3v) is 4.30. The first kappa shape index (κ1) is 10.5. The molecule has 1 saturated heterocycles. The second-order valence-electron chi connectivity index (χ2n) is 6.22. The zero-order valence-corrected chi connectivity index (χ0v) is 10.3. The lowest BCUT2D eigenvalue weighted by molar-refractivity contribution is -0.0379. The molecule has 82 valence electrons. The van der Waals surface area contributed by atoms with Crippen LogP contribution in [0.2, 0.25) is 0 Å². The molecule has 1 aliphatic heterocycles. The quantitative estimate of drug-likeness (QED) is 0.618. The Bertz CT molecular complexity index is 210. The third-order valence-electron chi connectivity index (χ3n) is 4.30.